The van der Waals surface area contributed by atoms with Crippen LogP contribution in [0.4, 0.5) is 0 Å². The van der Waals surface area contributed by atoms with Gasteiger partial charge in [-0.3, -0.25) is 0 Å². The van der Waals surface area contributed by atoms with E-state index in [1.807, 2.05) is 12.2 Å². The molecule has 1 nitrogen and oxygen atoms in total. The second-order valence-corrected chi connectivity index (χ2v) is 5.97. The first-order valence-corrected chi connectivity index (χ1v) is 8.17. The van der Waals surface area contributed by atoms with Gasteiger partial charge in [0.25, 0.3) is 0 Å². The molecule has 23 heavy (non-hydrogen) atoms. The van der Waals surface area contributed by atoms with Crippen LogP contribution < -0.4 is 0 Å². The fourth-order valence-electron chi connectivity index (χ4n) is 2.84. The first-order chi connectivity index (χ1) is 11.2. The molecular formula is C22H22O. The average molecular weight is 302 g/mol. The summed E-state index contributed by atoms with van der Waals surface area (Å²) in [6, 6.07) is 17.5. The fourth-order valence-corrected chi connectivity index (χ4v) is 2.84. The van der Waals surface area contributed by atoms with Gasteiger partial charge in [0.05, 0.1) is 5.76 Å². The first-order valence-electron chi connectivity index (χ1n) is 8.17. The summed E-state index contributed by atoms with van der Waals surface area (Å²) in [6.45, 7) is 2.17. The zero-order chi connectivity index (χ0) is 16.1. The maximum atomic E-state index is 9.74. The van der Waals surface area contributed by atoms with E-state index in [0.717, 1.165) is 12.8 Å². The maximum absolute atomic E-state index is 9.74. The topological polar surface area (TPSA) is 20.2 Å². The zero-order valence-corrected chi connectivity index (χ0v) is 13.5. The van der Waals surface area contributed by atoms with Crippen LogP contribution in [0.3, 0.4) is 0 Å². The van der Waals surface area contributed by atoms with Gasteiger partial charge in [-0.2, -0.15) is 0 Å². The SMILES string of the molecule is CCc1ccc(-c2ccc(CC3=CC=CC=C(O)C3)cc2)cc1. The molecule has 2 aromatic rings. The van der Waals surface area contributed by atoms with Gasteiger partial charge in [-0.15, -0.1) is 0 Å². The molecule has 0 bridgehead atoms. The summed E-state index contributed by atoms with van der Waals surface area (Å²) >= 11 is 0. The third kappa shape index (κ3) is 4.01. The summed E-state index contributed by atoms with van der Waals surface area (Å²) in [7, 11) is 0. The Morgan fingerprint density at radius 3 is 1.96 bits per heavy atom. The van der Waals surface area contributed by atoms with Gasteiger partial charge in [0.15, 0.2) is 0 Å². The van der Waals surface area contributed by atoms with Crippen LogP contribution in [0.1, 0.15) is 24.5 Å². The highest BCUT2D eigenvalue weighted by molar-refractivity contribution is 5.64. The second kappa shape index (κ2) is 7.15. The largest absolute Gasteiger partial charge is 0.512 e. The number of benzene rings is 2. The van der Waals surface area contributed by atoms with E-state index in [9.17, 15) is 5.11 Å². The lowest BCUT2D eigenvalue weighted by atomic mass is 9.98. The third-order valence-corrected chi connectivity index (χ3v) is 4.22. The predicted molar refractivity (Wildman–Crippen MR) is 97.5 cm³/mol. The Balaban J connectivity index is 1.73. The van der Waals surface area contributed by atoms with Crippen molar-refractivity contribution in [3.63, 3.8) is 0 Å². The van der Waals surface area contributed by atoms with Crippen LogP contribution >= 0.6 is 0 Å². The molecule has 1 heteroatoms. The smallest absolute Gasteiger partial charge is 0.0963 e. The van der Waals surface area contributed by atoms with Crippen molar-refractivity contribution in [1.29, 1.82) is 0 Å². The van der Waals surface area contributed by atoms with Gasteiger partial charge in [-0.05, 0) is 41.2 Å². The molecule has 3 rings (SSSR count). The predicted octanol–water partition coefficient (Wildman–Crippen LogP) is 5.79. The molecule has 1 N–H and O–H groups in total. The number of aliphatic hydroxyl groups excluding tert-OH is 1. The molecule has 0 amide bonds. The lowest BCUT2D eigenvalue weighted by Gasteiger charge is -2.08. The van der Waals surface area contributed by atoms with E-state index in [1.165, 1.54) is 27.8 Å². The number of hydrogen-bond donors (Lipinski definition) is 1. The van der Waals surface area contributed by atoms with E-state index in [1.54, 1.807) is 6.08 Å². The molecule has 0 radical (unpaired) electrons. The van der Waals surface area contributed by atoms with Gasteiger partial charge in [-0.1, -0.05) is 79.3 Å². The summed E-state index contributed by atoms with van der Waals surface area (Å²) in [5, 5.41) is 9.74. The average Bonchev–Trinajstić information content (AvgIpc) is 2.79. The second-order valence-electron chi connectivity index (χ2n) is 5.97. The fraction of sp³-hybridized carbons (Fsp3) is 0.182. The summed E-state index contributed by atoms with van der Waals surface area (Å²) in [5.74, 6) is 0.428. The Morgan fingerprint density at radius 1 is 0.783 bits per heavy atom. The molecule has 2 aromatic carbocycles. The van der Waals surface area contributed by atoms with E-state index in [0.29, 0.717) is 12.2 Å². The number of allylic oxidation sites excluding steroid dienone is 5. The molecular weight excluding hydrogens is 280 g/mol. The molecule has 0 atom stereocenters. The zero-order valence-electron chi connectivity index (χ0n) is 13.5. The van der Waals surface area contributed by atoms with Crippen molar-refractivity contribution >= 4 is 0 Å². The van der Waals surface area contributed by atoms with Crippen LogP contribution in [-0.2, 0) is 12.8 Å². The highest BCUT2D eigenvalue weighted by Gasteiger charge is 2.05. The first kappa shape index (κ1) is 15.4. The third-order valence-electron chi connectivity index (χ3n) is 4.22. The number of aliphatic hydroxyl groups is 1. The summed E-state index contributed by atoms with van der Waals surface area (Å²) < 4.78 is 0. The molecule has 0 spiro atoms. The van der Waals surface area contributed by atoms with Gasteiger partial charge in [-0.25, -0.2) is 0 Å². The van der Waals surface area contributed by atoms with E-state index in [2.05, 4.69) is 61.5 Å². The van der Waals surface area contributed by atoms with Crippen LogP contribution in [0.5, 0.6) is 0 Å². The molecule has 116 valence electrons. The highest BCUT2D eigenvalue weighted by Crippen LogP contribution is 2.23. The maximum Gasteiger partial charge on any atom is 0.0963 e. The Bertz CT molecular complexity index is 744. The molecule has 1 aliphatic rings. The molecule has 0 saturated carbocycles. The van der Waals surface area contributed by atoms with Gasteiger partial charge < -0.3 is 5.11 Å². The Labute approximate surface area is 138 Å². The van der Waals surface area contributed by atoms with E-state index in [-0.39, 0.29) is 0 Å². The van der Waals surface area contributed by atoms with Crippen molar-refractivity contribution in [1.82, 2.24) is 0 Å². The van der Waals surface area contributed by atoms with Crippen molar-refractivity contribution in [2.45, 2.75) is 26.2 Å². The summed E-state index contributed by atoms with van der Waals surface area (Å²) in [6.07, 6.45) is 10.3. The molecule has 0 aliphatic heterocycles. The van der Waals surface area contributed by atoms with Crippen LogP contribution in [0.15, 0.2) is 84.2 Å². The summed E-state index contributed by atoms with van der Waals surface area (Å²) in [5.41, 5.74) is 6.37. The number of aryl methyl sites for hydroxylation is 1. The Hall–Kier alpha value is -2.54. The quantitative estimate of drug-likeness (QED) is 0.758. The lowest BCUT2D eigenvalue weighted by molar-refractivity contribution is 0.398. The molecule has 1 aliphatic carbocycles. The van der Waals surface area contributed by atoms with Crippen LogP contribution in [0.2, 0.25) is 0 Å². The van der Waals surface area contributed by atoms with Crippen molar-refractivity contribution in [3.8, 4) is 11.1 Å². The molecule has 0 unspecified atom stereocenters. The molecule has 0 aromatic heterocycles. The van der Waals surface area contributed by atoms with Gasteiger partial charge >= 0.3 is 0 Å². The van der Waals surface area contributed by atoms with Crippen LogP contribution in [0, 0.1) is 0 Å². The lowest BCUT2D eigenvalue weighted by Crippen LogP contribution is -1.93. The minimum atomic E-state index is 0.428. The van der Waals surface area contributed by atoms with Crippen molar-refractivity contribution in [2.24, 2.45) is 0 Å². The van der Waals surface area contributed by atoms with Gasteiger partial charge in [0.2, 0.25) is 0 Å². The highest BCUT2D eigenvalue weighted by atomic mass is 16.3. The van der Waals surface area contributed by atoms with E-state index < -0.39 is 0 Å². The van der Waals surface area contributed by atoms with Crippen molar-refractivity contribution in [3.05, 3.63) is 95.3 Å². The van der Waals surface area contributed by atoms with E-state index in [4.69, 9.17) is 0 Å². The number of hydrogen-bond acceptors (Lipinski definition) is 1. The standard InChI is InChI=1S/C22H22O/c1-2-17-7-11-20(12-8-17)21-13-9-18(10-14-21)15-19-5-3-4-6-22(23)16-19/h3-14,23H,2,15-16H2,1H3. The van der Waals surface area contributed by atoms with E-state index >= 15 is 0 Å². The number of rotatable bonds is 4. The normalized spacial score (nSPS) is 14.1. The van der Waals surface area contributed by atoms with Crippen LogP contribution in [0.25, 0.3) is 11.1 Å². The summed E-state index contributed by atoms with van der Waals surface area (Å²) in [4.78, 5) is 0. The van der Waals surface area contributed by atoms with Gasteiger partial charge in [0.1, 0.15) is 0 Å². The minimum absolute atomic E-state index is 0.428. The van der Waals surface area contributed by atoms with Crippen LogP contribution in [-0.4, -0.2) is 5.11 Å². The monoisotopic (exact) mass is 302 g/mol. The van der Waals surface area contributed by atoms with Crippen molar-refractivity contribution in [2.75, 3.05) is 0 Å². The molecule has 0 fully saturated rings. The minimum Gasteiger partial charge on any atom is -0.512 e. The van der Waals surface area contributed by atoms with Crippen molar-refractivity contribution < 1.29 is 5.11 Å². The molecule has 0 saturated heterocycles. The molecule has 0 heterocycles. The Morgan fingerprint density at radius 2 is 1.35 bits per heavy atom. The Kier molecular flexibility index (Phi) is 4.77. The van der Waals surface area contributed by atoms with Gasteiger partial charge in [0, 0.05) is 6.42 Å².